The predicted molar refractivity (Wildman–Crippen MR) is 140 cm³/mol. The van der Waals surface area contributed by atoms with Gasteiger partial charge in [-0.1, -0.05) is 24.3 Å². The Morgan fingerprint density at radius 1 is 1.05 bits per heavy atom. The summed E-state index contributed by atoms with van der Waals surface area (Å²) in [7, 11) is -3.19. The van der Waals surface area contributed by atoms with Crippen LogP contribution in [0.25, 0.3) is 11.1 Å². The van der Waals surface area contributed by atoms with Crippen LogP contribution >= 0.6 is 11.8 Å². The molecule has 4 N–H and O–H groups in total. The van der Waals surface area contributed by atoms with Crippen molar-refractivity contribution in [2.45, 2.75) is 46.3 Å². The number of benzene rings is 2. The van der Waals surface area contributed by atoms with Gasteiger partial charge in [0.25, 0.3) is 0 Å². The maximum absolute atomic E-state index is 13.4. The summed E-state index contributed by atoms with van der Waals surface area (Å²) in [5.41, 5.74) is 4.47. The van der Waals surface area contributed by atoms with Gasteiger partial charge in [0.2, 0.25) is 14.7 Å². The Bertz CT molecular complexity index is 1410. The highest BCUT2D eigenvalue weighted by Crippen LogP contribution is 2.37. The number of hydrogen-bond donors (Lipinski definition) is 3. The highest BCUT2D eigenvalue weighted by atomic mass is 32.2. The van der Waals surface area contributed by atoms with E-state index in [1.165, 1.54) is 44.5 Å². The summed E-state index contributed by atoms with van der Waals surface area (Å²) in [6.07, 6.45) is -4.61. The zero-order valence-corrected chi connectivity index (χ0v) is 22.6. The van der Waals surface area contributed by atoms with Gasteiger partial charge in [-0.3, -0.25) is 0 Å². The summed E-state index contributed by atoms with van der Waals surface area (Å²) < 4.78 is 71.5. The van der Waals surface area contributed by atoms with Crippen LogP contribution in [0.4, 0.5) is 13.2 Å². The topological polar surface area (TPSA) is 140 Å². The van der Waals surface area contributed by atoms with Crippen molar-refractivity contribution in [3.63, 3.8) is 0 Å². The van der Waals surface area contributed by atoms with Crippen molar-refractivity contribution in [2.75, 3.05) is 12.9 Å². The number of nitrogens with two attached hydrogens (primary N) is 1. The van der Waals surface area contributed by atoms with Crippen LogP contribution in [0.1, 0.15) is 25.3 Å². The molecule has 1 aromatic heterocycles. The van der Waals surface area contributed by atoms with E-state index in [1.807, 2.05) is 0 Å². The number of carbonyl (C=O) groups is 1. The molecule has 210 valence electrons. The van der Waals surface area contributed by atoms with Gasteiger partial charge in [-0.2, -0.15) is 13.2 Å². The van der Waals surface area contributed by atoms with Crippen LogP contribution in [0, 0.1) is 0 Å². The summed E-state index contributed by atoms with van der Waals surface area (Å²) in [6.45, 7) is 1.18. The van der Waals surface area contributed by atoms with E-state index in [0.29, 0.717) is 23.1 Å². The molecule has 0 radical (unpaired) electrons. The fourth-order valence-electron chi connectivity index (χ4n) is 3.85. The summed E-state index contributed by atoms with van der Waals surface area (Å²) in [6, 6.07) is 14.5. The van der Waals surface area contributed by atoms with E-state index in [4.69, 9.17) is 10.5 Å². The largest absolute Gasteiger partial charge is 0.497 e. The van der Waals surface area contributed by atoms with E-state index >= 15 is 0 Å². The summed E-state index contributed by atoms with van der Waals surface area (Å²) in [5, 5.41) is 20.4. The standard InChI is InChI=1S/C26H27F3N2O6S2/c1-24(34,13-15-38-22-21(26(27,28)29)4-3-14-31-22)16-25(30,23(32)33)39(35,36)20-11-7-18(8-12-20)17-5-9-19(37-2)10-6-17/h3-12,14,34H,13,15-16,30H2,1-2H3,(H,32,33). The number of aliphatic hydroxyl groups is 1. The Morgan fingerprint density at radius 2 is 1.62 bits per heavy atom. The number of rotatable bonds is 11. The molecular weight excluding hydrogens is 557 g/mol. The highest BCUT2D eigenvalue weighted by Gasteiger charge is 2.52. The number of hydrogen-bond acceptors (Lipinski definition) is 8. The van der Waals surface area contributed by atoms with E-state index in [1.54, 1.807) is 24.3 Å². The molecule has 0 spiro atoms. The molecule has 0 aliphatic rings. The number of carboxylic acid groups (broad SMARTS) is 1. The smallest absolute Gasteiger partial charge is 0.419 e. The molecular formula is C26H27F3N2O6S2. The molecule has 0 saturated carbocycles. The second kappa shape index (κ2) is 11.5. The molecule has 13 heteroatoms. The Balaban J connectivity index is 1.78. The molecule has 3 rings (SSSR count). The lowest BCUT2D eigenvalue weighted by Gasteiger charge is -2.33. The lowest BCUT2D eigenvalue weighted by molar-refractivity contribution is -0.142. The number of aliphatic carboxylic acids is 1. The average molecular weight is 585 g/mol. The van der Waals surface area contributed by atoms with E-state index in [2.05, 4.69) is 4.98 Å². The lowest BCUT2D eigenvalue weighted by Crippen LogP contribution is -2.58. The number of alkyl halides is 3. The van der Waals surface area contributed by atoms with Crippen LogP contribution < -0.4 is 10.5 Å². The molecule has 2 atom stereocenters. The van der Waals surface area contributed by atoms with E-state index in [9.17, 15) is 36.6 Å². The second-order valence-corrected chi connectivity index (χ2v) is 12.4. The SMILES string of the molecule is COc1ccc(-c2ccc(S(=O)(=O)C(N)(CC(C)(O)CCSc3ncccc3C(F)(F)F)C(=O)O)cc2)cc1. The summed E-state index contributed by atoms with van der Waals surface area (Å²) in [4.78, 5) is 12.6. The minimum absolute atomic E-state index is 0.112. The average Bonchev–Trinajstić information content (AvgIpc) is 2.88. The molecule has 39 heavy (non-hydrogen) atoms. The van der Waals surface area contributed by atoms with E-state index in [0.717, 1.165) is 17.7 Å². The van der Waals surface area contributed by atoms with Crippen LogP contribution in [0.15, 0.2) is 76.8 Å². The zero-order chi connectivity index (χ0) is 29.1. The second-order valence-electron chi connectivity index (χ2n) is 9.08. The van der Waals surface area contributed by atoms with E-state index in [-0.39, 0.29) is 22.1 Å². The molecule has 0 aliphatic heterocycles. The minimum Gasteiger partial charge on any atom is -0.497 e. The Hall–Kier alpha value is -3.13. The quantitative estimate of drug-likeness (QED) is 0.276. The summed E-state index contributed by atoms with van der Waals surface area (Å²) >= 11 is 0.704. The third kappa shape index (κ3) is 6.90. The molecule has 3 aromatic rings. The number of nitrogens with zero attached hydrogens (tertiary/aromatic N) is 1. The number of pyridine rings is 1. The number of ether oxygens (including phenoxy) is 1. The fourth-order valence-corrected chi connectivity index (χ4v) is 6.70. The van der Waals surface area contributed by atoms with Crippen molar-refractivity contribution in [3.8, 4) is 16.9 Å². The Labute approximate surface area is 227 Å². The number of aromatic nitrogens is 1. The van der Waals surface area contributed by atoms with Gasteiger partial charge in [-0.05, 0) is 60.9 Å². The van der Waals surface area contributed by atoms with Gasteiger partial charge >= 0.3 is 12.1 Å². The molecule has 0 amide bonds. The highest BCUT2D eigenvalue weighted by molar-refractivity contribution is 7.99. The summed E-state index contributed by atoms with van der Waals surface area (Å²) in [5.74, 6) is -1.35. The van der Waals surface area contributed by atoms with Gasteiger partial charge in [0, 0.05) is 18.4 Å². The van der Waals surface area contributed by atoms with Gasteiger partial charge < -0.3 is 20.7 Å². The Morgan fingerprint density at radius 3 is 2.13 bits per heavy atom. The first-order valence-electron chi connectivity index (χ1n) is 11.5. The van der Waals surface area contributed by atoms with Gasteiger partial charge in [-0.15, -0.1) is 11.8 Å². The molecule has 2 unspecified atom stereocenters. The molecule has 0 fully saturated rings. The van der Waals surface area contributed by atoms with Crippen LogP contribution in [0.2, 0.25) is 0 Å². The van der Waals surface area contributed by atoms with Crippen molar-refractivity contribution in [3.05, 3.63) is 72.4 Å². The maximum Gasteiger partial charge on any atom is 0.419 e. The monoisotopic (exact) mass is 584 g/mol. The first kappa shape index (κ1) is 30.4. The van der Waals surface area contributed by atoms with Crippen molar-refractivity contribution in [1.29, 1.82) is 0 Å². The predicted octanol–water partition coefficient (Wildman–Crippen LogP) is 4.61. The third-order valence-corrected chi connectivity index (χ3v) is 9.21. The fraction of sp³-hybridized carbons (Fsp3) is 0.308. The first-order valence-corrected chi connectivity index (χ1v) is 14.0. The van der Waals surface area contributed by atoms with Gasteiger partial charge in [0.05, 0.1) is 23.2 Å². The maximum atomic E-state index is 13.4. The number of sulfone groups is 1. The van der Waals surface area contributed by atoms with Crippen molar-refractivity contribution in [2.24, 2.45) is 5.73 Å². The van der Waals surface area contributed by atoms with Crippen molar-refractivity contribution >= 4 is 27.6 Å². The molecule has 0 saturated heterocycles. The number of thioether (sulfide) groups is 1. The molecule has 2 aromatic carbocycles. The van der Waals surface area contributed by atoms with Crippen LogP contribution in [0.3, 0.4) is 0 Å². The zero-order valence-electron chi connectivity index (χ0n) is 21.0. The van der Waals surface area contributed by atoms with Crippen molar-refractivity contribution in [1.82, 2.24) is 4.98 Å². The van der Waals surface area contributed by atoms with Gasteiger partial charge in [0.15, 0.2) is 0 Å². The lowest BCUT2D eigenvalue weighted by atomic mass is 9.94. The van der Waals surface area contributed by atoms with Crippen molar-refractivity contribution < 1.29 is 41.3 Å². The molecule has 0 aliphatic carbocycles. The minimum atomic E-state index is -4.72. The third-order valence-electron chi connectivity index (χ3n) is 6.03. The number of methoxy groups -OCH3 is 1. The molecule has 1 heterocycles. The Kier molecular flexibility index (Phi) is 9.00. The van der Waals surface area contributed by atoms with Gasteiger partial charge in [0.1, 0.15) is 10.8 Å². The number of halogens is 3. The molecule has 8 nitrogen and oxygen atoms in total. The number of carboxylic acids is 1. The normalized spacial score (nSPS) is 15.3. The van der Waals surface area contributed by atoms with Crippen LogP contribution in [-0.4, -0.2) is 52.9 Å². The van der Waals surface area contributed by atoms with Gasteiger partial charge in [-0.25, -0.2) is 18.2 Å². The molecule has 0 bridgehead atoms. The van der Waals surface area contributed by atoms with E-state index < -0.39 is 44.4 Å². The first-order chi connectivity index (χ1) is 18.1. The van der Waals surface area contributed by atoms with Crippen LogP contribution in [-0.2, 0) is 20.8 Å². The van der Waals surface area contributed by atoms with Crippen LogP contribution in [0.5, 0.6) is 5.75 Å².